The minimum atomic E-state index is -0.483. The van der Waals surface area contributed by atoms with Gasteiger partial charge in [0.05, 0.1) is 4.92 Å². The van der Waals surface area contributed by atoms with E-state index in [0.29, 0.717) is 30.5 Å². The second-order valence-electron chi connectivity index (χ2n) is 4.62. The summed E-state index contributed by atoms with van der Waals surface area (Å²) in [5, 5.41) is 13.7. The predicted molar refractivity (Wildman–Crippen MR) is 75.9 cm³/mol. The molecule has 0 saturated carbocycles. The number of anilines is 1. The van der Waals surface area contributed by atoms with E-state index in [4.69, 9.17) is 0 Å². The zero-order valence-electron chi connectivity index (χ0n) is 11.6. The van der Waals surface area contributed by atoms with E-state index in [0.717, 1.165) is 0 Å². The number of ketones is 2. The minimum absolute atomic E-state index is 0.0248. The van der Waals surface area contributed by atoms with Crippen molar-refractivity contribution in [3.05, 3.63) is 33.9 Å². The lowest BCUT2D eigenvalue weighted by atomic mass is 10.0. The number of Topliss-reactive ketones (excluding diaryl/α,β-unsaturated/α-hetero) is 2. The maximum atomic E-state index is 11.8. The highest BCUT2D eigenvalue weighted by atomic mass is 16.6. The number of hydrogen-bond acceptors (Lipinski definition) is 5. The van der Waals surface area contributed by atoms with Gasteiger partial charge in [-0.25, -0.2) is 0 Å². The number of nitro benzene ring substituents is 1. The Morgan fingerprint density at radius 3 is 2.55 bits per heavy atom. The molecule has 1 N–H and O–H groups in total. The number of non-ortho nitro benzene ring substituents is 1. The van der Waals surface area contributed by atoms with Crippen molar-refractivity contribution >= 4 is 22.9 Å². The molecule has 0 aliphatic carbocycles. The van der Waals surface area contributed by atoms with E-state index in [9.17, 15) is 19.7 Å². The molecule has 0 amide bonds. The number of benzene rings is 1. The summed E-state index contributed by atoms with van der Waals surface area (Å²) in [5.74, 6) is 0.0345. The maximum Gasteiger partial charge on any atom is 0.269 e. The van der Waals surface area contributed by atoms with Gasteiger partial charge in [0.1, 0.15) is 11.6 Å². The minimum Gasteiger partial charge on any atom is -0.388 e. The molecule has 6 heteroatoms. The number of nitrogens with zero attached hydrogens (tertiary/aromatic N) is 1. The van der Waals surface area contributed by atoms with Crippen LogP contribution >= 0.6 is 0 Å². The van der Waals surface area contributed by atoms with Crippen LogP contribution in [0.3, 0.4) is 0 Å². The van der Waals surface area contributed by atoms with E-state index in [1.165, 1.54) is 19.1 Å². The summed E-state index contributed by atoms with van der Waals surface area (Å²) in [6.45, 7) is 1.49. The van der Waals surface area contributed by atoms with Crippen LogP contribution in [0, 0.1) is 10.1 Å². The average molecular weight is 278 g/mol. The standard InChI is InChI=1S/C14H18N2O4/c1-10(17)4-3-5-13(18)9-11-8-12(16(19)20)6-7-14(11)15-2/h6-8,15H,3-5,9H2,1-2H3. The van der Waals surface area contributed by atoms with Gasteiger partial charge in [-0.2, -0.15) is 0 Å². The van der Waals surface area contributed by atoms with Crippen molar-refractivity contribution in [3.8, 4) is 0 Å². The zero-order valence-corrected chi connectivity index (χ0v) is 11.6. The molecule has 6 nitrogen and oxygen atoms in total. The van der Waals surface area contributed by atoms with Crippen molar-refractivity contribution < 1.29 is 14.5 Å². The van der Waals surface area contributed by atoms with Gasteiger partial charge in [-0.05, 0) is 25.0 Å². The fourth-order valence-corrected chi connectivity index (χ4v) is 1.92. The molecule has 1 rings (SSSR count). The molecule has 1 aromatic carbocycles. The number of hydrogen-bond donors (Lipinski definition) is 1. The van der Waals surface area contributed by atoms with Gasteiger partial charge in [-0.1, -0.05) is 0 Å². The van der Waals surface area contributed by atoms with Gasteiger partial charge in [0.15, 0.2) is 0 Å². The number of rotatable bonds is 8. The lowest BCUT2D eigenvalue weighted by Gasteiger charge is -2.08. The third-order valence-corrected chi connectivity index (χ3v) is 2.94. The molecule has 0 saturated heterocycles. The first kappa shape index (κ1) is 15.8. The molecule has 0 unspecified atom stereocenters. The van der Waals surface area contributed by atoms with E-state index >= 15 is 0 Å². The van der Waals surface area contributed by atoms with Crippen LogP contribution in [-0.4, -0.2) is 23.5 Å². The Morgan fingerprint density at radius 1 is 1.30 bits per heavy atom. The van der Waals surface area contributed by atoms with E-state index in [1.54, 1.807) is 13.1 Å². The van der Waals surface area contributed by atoms with Crippen molar-refractivity contribution in [3.63, 3.8) is 0 Å². The van der Waals surface area contributed by atoms with Crippen molar-refractivity contribution in [2.75, 3.05) is 12.4 Å². The van der Waals surface area contributed by atoms with Crippen LogP contribution in [0.5, 0.6) is 0 Å². The summed E-state index contributed by atoms with van der Waals surface area (Å²) >= 11 is 0. The van der Waals surface area contributed by atoms with Crippen molar-refractivity contribution in [1.82, 2.24) is 0 Å². The third-order valence-electron chi connectivity index (χ3n) is 2.94. The van der Waals surface area contributed by atoms with Crippen LogP contribution in [0.1, 0.15) is 31.7 Å². The van der Waals surface area contributed by atoms with Crippen LogP contribution in [0.25, 0.3) is 0 Å². The van der Waals surface area contributed by atoms with Crippen molar-refractivity contribution in [2.45, 2.75) is 32.6 Å². The largest absolute Gasteiger partial charge is 0.388 e. The molecule has 108 valence electrons. The molecule has 0 aliphatic rings. The second kappa shape index (κ2) is 7.37. The molecule has 0 heterocycles. The molecule has 0 fully saturated rings. The first-order chi connectivity index (χ1) is 9.43. The van der Waals surface area contributed by atoms with Gasteiger partial charge in [0, 0.05) is 44.1 Å². The van der Waals surface area contributed by atoms with Gasteiger partial charge in [-0.3, -0.25) is 14.9 Å². The second-order valence-corrected chi connectivity index (χ2v) is 4.62. The van der Waals surface area contributed by atoms with Crippen molar-refractivity contribution in [1.29, 1.82) is 0 Å². The predicted octanol–water partition coefficient (Wildman–Crippen LogP) is 2.51. The zero-order chi connectivity index (χ0) is 15.1. The Labute approximate surface area is 117 Å². The smallest absolute Gasteiger partial charge is 0.269 e. The lowest BCUT2D eigenvalue weighted by Crippen LogP contribution is -2.06. The Kier molecular flexibility index (Phi) is 5.83. The number of carbonyl (C=O) groups is 2. The van der Waals surface area contributed by atoms with Gasteiger partial charge in [0.25, 0.3) is 5.69 Å². The number of carbonyl (C=O) groups excluding carboxylic acids is 2. The molecule has 0 bridgehead atoms. The Balaban J connectivity index is 2.74. The molecular formula is C14H18N2O4. The fourth-order valence-electron chi connectivity index (χ4n) is 1.92. The van der Waals surface area contributed by atoms with Crippen LogP contribution in [-0.2, 0) is 16.0 Å². The summed E-state index contributed by atoms with van der Waals surface area (Å²) in [6, 6.07) is 4.40. The highest BCUT2D eigenvalue weighted by Crippen LogP contribution is 2.23. The van der Waals surface area contributed by atoms with Gasteiger partial charge in [0.2, 0.25) is 0 Å². The Hall–Kier alpha value is -2.24. The molecule has 20 heavy (non-hydrogen) atoms. The first-order valence-corrected chi connectivity index (χ1v) is 6.40. The highest BCUT2D eigenvalue weighted by molar-refractivity contribution is 5.83. The SMILES string of the molecule is CNc1ccc([N+](=O)[O-])cc1CC(=O)CCCC(C)=O. The van der Waals surface area contributed by atoms with Gasteiger partial charge < -0.3 is 10.1 Å². The average Bonchev–Trinajstić information content (AvgIpc) is 2.38. The van der Waals surface area contributed by atoms with E-state index < -0.39 is 4.92 Å². The number of nitrogens with one attached hydrogen (secondary N) is 1. The van der Waals surface area contributed by atoms with Crippen LogP contribution < -0.4 is 5.32 Å². The number of nitro groups is 1. The summed E-state index contributed by atoms with van der Waals surface area (Å²) in [5.41, 5.74) is 1.28. The molecule has 0 aromatic heterocycles. The quantitative estimate of drug-likeness (QED) is 0.583. The van der Waals surface area contributed by atoms with Crippen LogP contribution in [0.15, 0.2) is 18.2 Å². The van der Waals surface area contributed by atoms with E-state index in [1.807, 2.05) is 0 Å². The molecule has 0 aliphatic heterocycles. The molecule has 1 aromatic rings. The molecule has 0 radical (unpaired) electrons. The Bertz CT molecular complexity index is 526. The topological polar surface area (TPSA) is 89.3 Å². The normalized spacial score (nSPS) is 10.1. The lowest BCUT2D eigenvalue weighted by molar-refractivity contribution is -0.384. The summed E-state index contributed by atoms with van der Waals surface area (Å²) in [4.78, 5) is 32.9. The van der Waals surface area contributed by atoms with Crippen LogP contribution in [0.4, 0.5) is 11.4 Å². The molecule has 0 atom stereocenters. The highest BCUT2D eigenvalue weighted by Gasteiger charge is 2.13. The first-order valence-electron chi connectivity index (χ1n) is 6.40. The monoisotopic (exact) mass is 278 g/mol. The summed E-state index contributed by atoms with van der Waals surface area (Å²) in [7, 11) is 1.70. The third kappa shape index (κ3) is 4.79. The van der Waals surface area contributed by atoms with E-state index in [2.05, 4.69) is 5.32 Å². The molecule has 0 spiro atoms. The molecular weight excluding hydrogens is 260 g/mol. The van der Waals surface area contributed by atoms with Gasteiger partial charge >= 0.3 is 0 Å². The fraction of sp³-hybridized carbons (Fsp3) is 0.429. The Morgan fingerprint density at radius 2 is 2.00 bits per heavy atom. The van der Waals surface area contributed by atoms with Gasteiger partial charge in [-0.15, -0.1) is 0 Å². The summed E-state index contributed by atoms with van der Waals surface area (Å²) < 4.78 is 0. The van der Waals surface area contributed by atoms with Crippen LogP contribution in [0.2, 0.25) is 0 Å². The summed E-state index contributed by atoms with van der Waals surface area (Å²) in [6.07, 6.45) is 1.36. The van der Waals surface area contributed by atoms with Crippen molar-refractivity contribution in [2.24, 2.45) is 0 Å². The van der Waals surface area contributed by atoms with E-state index in [-0.39, 0.29) is 23.7 Å². The maximum absolute atomic E-state index is 11.8.